The van der Waals surface area contributed by atoms with Gasteiger partial charge in [-0.1, -0.05) is 6.07 Å². The molecule has 2 heterocycles. The fraction of sp³-hybridized carbons (Fsp3) is 0.500. The lowest BCUT2D eigenvalue weighted by Crippen LogP contribution is -2.38. The van der Waals surface area contributed by atoms with E-state index in [0.29, 0.717) is 25.2 Å². The number of imidazole rings is 1. The van der Waals surface area contributed by atoms with Crippen LogP contribution in [0.15, 0.2) is 30.6 Å². The van der Waals surface area contributed by atoms with E-state index in [1.165, 1.54) is 6.07 Å². The molecule has 0 bridgehead atoms. The van der Waals surface area contributed by atoms with Gasteiger partial charge in [0.05, 0.1) is 12.6 Å². The van der Waals surface area contributed by atoms with Crippen LogP contribution in [-0.2, 0) is 22.6 Å². The van der Waals surface area contributed by atoms with Crippen molar-refractivity contribution in [2.75, 3.05) is 13.2 Å². The number of ether oxygens (including phenoxy) is 1. The summed E-state index contributed by atoms with van der Waals surface area (Å²) in [6.45, 7) is 2.10. The minimum atomic E-state index is -0.863. The number of rotatable bonds is 7. The zero-order chi connectivity index (χ0) is 18.8. The van der Waals surface area contributed by atoms with Crippen LogP contribution in [0, 0.1) is 17.6 Å². The zero-order valence-electron chi connectivity index (χ0n) is 15.1. The van der Waals surface area contributed by atoms with Crippen molar-refractivity contribution in [2.45, 2.75) is 44.9 Å². The van der Waals surface area contributed by atoms with Gasteiger partial charge in [0, 0.05) is 38.0 Å². The van der Waals surface area contributed by atoms with Crippen LogP contribution in [0.5, 0.6) is 0 Å². The normalized spacial score (nSPS) is 19.4. The Balaban J connectivity index is 1.48. The van der Waals surface area contributed by atoms with Crippen molar-refractivity contribution in [1.29, 1.82) is 0 Å². The summed E-state index contributed by atoms with van der Waals surface area (Å²) in [5.74, 6) is -0.707. The molecule has 0 unspecified atom stereocenters. The third-order valence-electron chi connectivity index (χ3n) is 5.16. The Kier molecular flexibility index (Phi) is 5.20. The SMILES string of the molecule is O=C(C1CC1)N(Cc1nccn1Cc1ccc(F)c(F)c1)C[C@@H]1CCCO1. The third-order valence-corrected chi connectivity index (χ3v) is 5.16. The monoisotopic (exact) mass is 375 g/mol. The van der Waals surface area contributed by atoms with Crippen LogP contribution in [0.2, 0.25) is 0 Å². The van der Waals surface area contributed by atoms with Gasteiger partial charge in [-0.2, -0.15) is 0 Å². The van der Waals surface area contributed by atoms with Gasteiger partial charge >= 0.3 is 0 Å². The van der Waals surface area contributed by atoms with Gasteiger partial charge in [0.25, 0.3) is 0 Å². The molecule has 0 radical (unpaired) electrons. The lowest BCUT2D eigenvalue weighted by Gasteiger charge is -2.25. The van der Waals surface area contributed by atoms with Gasteiger partial charge < -0.3 is 14.2 Å². The van der Waals surface area contributed by atoms with E-state index in [2.05, 4.69) is 4.98 Å². The number of nitrogens with zero attached hydrogens (tertiary/aromatic N) is 3. The number of hydrogen-bond acceptors (Lipinski definition) is 3. The number of carbonyl (C=O) groups is 1. The van der Waals surface area contributed by atoms with Crippen LogP contribution in [0.25, 0.3) is 0 Å². The highest BCUT2D eigenvalue weighted by molar-refractivity contribution is 5.81. The minimum Gasteiger partial charge on any atom is -0.376 e. The molecule has 1 saturated carbocycles. The maximum absolute atomic E-state index is 13.5. The molecule has 2 aliphatic rings. The maximum Gasteiger partial charge on any atom is 0.226 e. The summed E-state index contributed by atoms with van der Waals surface area (Å²) in [5.41, 5.74) is 0.646. The second kappa shape index (κ2) is 7.76. The van der Waals surface area contributed by atoms with E-state index < -0.39 is 11.6 Å². The molecule has 0 N–H and O–H groups in total. The highest BCUT2D eigenvalue weighted by Crippen LogP contribution is 2.32. The molecule has 1 aliphatic carbocycles. The molecule has 5 nitrogen and oxygen atoms in total. The third kappa shape index (κ3) is 4.35. The van der Waals surface area contributed by atoms with Crippen molar-refractivity contribution in [3.05, 3.63) is 53.6 Å². The molecule has 4 rings (SSSR count). The smallest absolute Gasteiger partial charge is 0.226 e. The van der Waals surface area contributed by atoms with Crippen LogP contribution < -0.4 is 0 Å². The summed E-state index contributed by atoms with van der Waals surface area (Å²) in [7, 11) is 0. The van der Waals surface area contributed by atoms with Crippen molar-refractivity contribution in [2.24, 2.45) is 5.92 Å². The topological polar surface area (TPSA) is 47.4 Å². The number of halogens is 2. The molecule has 1 aromatic carbocycles. The van der Waals surface area contributed by atoms with Gasteiger partial charge in [0.2, 0.25) is 5.91 Å². The number of benzene rings is 1. The molecule has 144 valence electrons. The largest absolute Gasteiger partial charge is 0.376 e. The highest BCUT2D eigenvalue weighted by atomic mass is 19.2. The average molecular weight is 375 g/mol. The lowest BCUT2D eigenvalue weighted by molar-refractivity contribution is -0.135. The summed E-state index contributed by atoms with van der Waals surface area (Å²) >= 11 is 0. The van der Waals surface area contributed by atoms with Crippen LogP contribution in [0.4, 0.5) is 8.78 Å². The minimum absolute atomic E-state index is 0.0855. The number of aromatic nitrogens is 2. The van der Waals surface area contributed by atoms with Crippen molar-refractivity contribution < 1.29 is 18.3 Å². The van der Waals surface area contributed by atoms with Crippen molar-refractivity contribution in [1.82, 2.24) is 14.5 Å². The van der Waals surface area contributed by atoms with E-state index in [-0.39, 0.29) is 17.9 Å². The van der Waals surface area contributed by atoms with E-state index in [0.717, 1.165) is 44.2 Å². The Labute approximate surface area is 156 Å². The molecule has 7 heteroatoms. The number of hydrogen-bond donors (Lipinski definition) is 0. The molecule has 1 atom stereocenters. The summed E-state index contributed by atoms with van der Waals surface area (Å²) in [6, 6.07) is 3.88. The van der Waals surface area contributed by atoms with E-state index >= 15 is 0 Å². The molecule has 1 amide bonds. The summed E-state index contributed by atoms with van der Waals surface area (Å²) < 4.78 is 34.2. The van der Waals surface area contributed by atoms with Crippen LogP contribution in [0.1, 0.15) is 37.1 Å². The first-order chi connectivity index (χ1) is 13.1. The molecular weight excluding hydrogens is 352 g/mol. The fourth-order valence-corrected chi connectivity index (χ4v) is 3.50. The van der Waals surface area contributed by atoms with Crippen LogP contribution in [0.3, 0.4) is 0 Å². The quantitative estimate of drug-likeness (QED) is 0.747. The second-order valence-corrected chi connectivity index (χ2v) is 7.35. The molecule has 1 saturated heterocycles. The lowest BCUT2D eigenvalue weighted by atomic mass is 10.2. The molecule has 2 aromatic rings. The van der Waals surface area contributed by atoms with Gasteiger partial charge in [-0.25, -0.2) is 13.8 Å². The maximum atomic E-state index is 13.5. The fourth-order valence-electron chi connectivity index (χ4n) is 3.50. The van der Waals surface area contributed by atoms with Gasteiger partial charge in [-0.3, -0.25) is 4.79 Å². The van der Waals surface area contributed by atoms with Crippen molar-refractivity contribution >= 4 is 5.91 Å². The Bertz CT molecular complexity index is 813. The molecule has 0 spiro atoms. The van der Waals surface area contributed by atoms with Gasteiger partial charge in [-0.05, 0) is 43.4 Å². The first kappa shape index (κ1) is 18.1. The van der Waals surface area contributed by atoms with Crippen molar-refractivity contribution in [3.8, 4) is 0 Å². The van der Waals surface area contributed by atoms with E-state index in [4.69, 9.17) is 4.74 Å². The Morgan fingerprint density at radius 3 is 2.81 bits per heavy atom. The average Bonchev–Trinajstić information content (AvgIpc) is 3.21. The molecular formula is C20H23F2N3O2. The Morgan fingerprint density at radius 1 is 1.26 bits per heavy atom. The standard InChI is InChI=1S/C20H23F2N3O2/c21-17-6-3-14(10-18(17)22)11-24-8-7-23-19(24)13-25(20(26)15-4-5-15)12-16-2-1-9-27-16/h3,6-8,10,15-16H,1-2,4-5,9,11-13H2/t16-/m0/s1. The first-order valence-corrected chi connectivity index (χ1v) is 9.44. The van der Waals surface area contributed by atoms with Gasteiger partial charge in [-0.15, -0.1) is 0 Å². The highest BCUT2D eigenvalue weighted by Gasteiger charge is 2.35. The molecule has 1 aromatic heterocycles. The number of amides is 1. The van der Waals surface area contributed by atoms with Crippen LogP contribution >= 0.6 is 0 Å². The summed E-state index contributed by atoms with van der Waals surface area (Å²) in [6.07, 6.45) is 7.44. The summed E-state index contributed by atoms with van der Waals surface area (Å²) in [5, 5.41) is 0. The van der Waals surface area contributed by atoms with E-state index in [1.807, 2.05) is 9.47 Å². The zero-order valence-corrected chi connectivity index (χ0v) is 15.1. The van der Waals surface area contributed by atoms with E-state index in [1.54, 1.807) is 18.5 Å². The summed E-state index contributed by atoms with van der Waals surface area (Å²) in [4.78, 5) is 18.9. The predicted octanol–water partition coefficient (Wildman–Crippen LogP) is 3.13. The Hall–Kier alpha value is -2.28. The predicted molar refractivity (Wildman–Crippen MR) is 94.8 cm³/mol. The molecule has 2 fully saturated rings. The molecule has 27 heavy (non-hydrogen) atoms. The number of carbonyl (C=O) groups excluding carboxylic acids is 1. The first-order valence-electron chi connectivity index (χ1n) is 9.44. The molecule has 1 aliphatic heterocycles. The van der Waals surface area contributed by atoms with Gasteiger partial charge in [0.1, 0.15) is 5.82 Å². The van der Waals surface area contributed by atoms with Crippen molar-refractivity contribution in [3.63, 3.8) is 0 Å². The van der Waals surface area contributed by atoms with Crippen LogP contribution in [-0.4, -0.2) is 39.6 Å². The van der Waals surface area contributed by atoms with Gasteiger partial charge in [0.15, 0.2) is 11.6 Å². The van der Waals surface area contributed by atoms with E-state index in [9.17, 15) is 13.6 Å². The second-order valence-electron chi connectivity index (χ2n) is 7.35. The Morgan fingerprint density at radius 2 is 2.11 bits per heavy atom.